The number of aromatic hydroxyl groups is 2. The number of nitrogens with two attached hydrogens (primary N) is 1. The number of carbonyl (C=O) groups excluding carboxylic acids is 8. The van der Waals surface area contributed by atoms with Gasteiger partial charge in [-0.2, -0.15) is 0 Å². The van der Waals surface area contributed by atoms with Crippen molar-refractivity contribution in [2.45, 2.75) is 69.1 Å². The Kier molecular flexibility index (Phi) is 24.3. The smallest absolute Gasteiger partial charge is 0.244 e. The first kappa shape index (κ1) is 54.3. The highest BCUT2D eigenvalue weighted by Crippen LogP contribution is 2.19. The molecule has 0 aliphatic carbocycles. The van der Waals surface area contributed by atoms with E-state index in [2.05, 4.69) is 42.5 Å². The molecule has 22 heteroatoms. The van der Waals surface area contributed by atoms with Crippen LogP contribution in [0.2, 0.25) is 5.02 Å². The molecule has 0 saturated carbocycles. The van der Waals surface area contributed by atoms with Crippen molar-refractivity contribution in [2.75, 3.05) is 45.2 Å². The largest absolute Gasteiger partial charge is 0.508 e. The molecule has 0 spiro atoms. The van der Waals surface area contributed by atoms with Crippen LogP contribution in [0.3, 0.4) is 0 Å². The first-order valence-electron chi connectivity index (χ1n) is 21.0. The van der Waals surface area contributed by atoms with Gasteiger partial charge in [-0.3, -0.25) is 38.4 Å². The van der Waals surface area contributed by atoms with Gasteiger partial charge in [0.25, 0.3) is 0 Å². The standard InChI is InChI=1S/C44H58ClN9O10S2/c1-47-20-4-3-5-33(42(62)49-23-38(58)48-24-39(59)52-34(41(46)61)21-28-8-15-31(55)16-9-28)51-40(60)25-50-43(63)35(22-29-10-17-32(56)18-11-29)54-44(64)36(26-66-65-2)53-37(57)19-12-27-6-13-30(45)14-7-27/h6-11,13-18,33-36,47,55-56H,3-5,12,19-26H2,1-2H3,(H2,46,61)(H,48,58)(H,49,62)(H,50,63)(H,51,60)(H,52,59)(H,53,57)(H,54,64). The Morgan fingerprint density at radius 2 is 1.09 bits per heavy atom. The zero-order valence-corrected chi connectivity index (χ0v) is 39.0. The number of nitrogens with one attached hydrogen (secondary N) is 8. The van der Waals surface area contributed by atoms with Crippen LogP contribution in [0.15, 0.2) is 72.8 Å². The van der Waals surface area contributed by atoms with Gasteiger partial charge in [0.05, 0.1) is 19.6 Å². The van der Waals surface area contributed by atoms with Crippen molar-refractivity contribution in [1.29, 1.82) is 0 Å². The number of phenolic OH excluding ortho intramolecular Hbond substituents is 2. The first-order valence-corrected chi connectivity index (χ1v) is 24.1. The van der Waals surface area contributed by atoms with Gasteiger partial charge in [-0.05, 0) is 98.6 Å². The van der Waals surface area contributed by atoms with E-state index in [4.69, 9.17) is 17.3 Å². The second-order valence-corrected chi connectivity index (χ2v) is 18.0. The van der Waals surface area contributed by atoms with Crippen LogP contribution in [0.25, 0.3) is 0 Å². The second kappa shape index (κ2) is 29.5. The van der Waals surface area contributed by atoms with E-state index in [1.165, 1.54) is 45.9 Å². The van der Waals surface area contributed by atoms with Gasteiger partial charge in [0, 0.05) is 30.0 Å². The molecule has 66 heavy (non-hydrogen) atoms. The van der Waals surface area contributed by atoms with Crippen LogP contribution >= 0.6 is 33.2 Å². The number of hydrogen-bond acceptors (Lipinski definition) is 13. The number of unbranched alkanes of at least 4 members (excludes halogenated alkanes) is 1. The number of primary amides is 1. The molecular weight excluding hydrogens is 914 g/mol. The molecule has 0 heterocycles. The van der Waals surface area contributed by atoms with E-state index < -0.39 is 85.2 Å². The molecule has 12 N–H and O–H groups in total. The summed E-state index contributed by atoms with van der Waals surface area (Å²) < 4.78 is 0. The fourth-order valence-corrected chi connectivity index (χ4v) is 7.62. The van der Waals surface area contributed by atoms with Crippen molar-refractivity contribution in [3.05, 3.63) is 94.5 Å². The highest BCUT2D eigenvalue weighted by Gasteiger charge is 2.29. The molecule has 0 aliphatic rings. The molecular formula is C44H58ClN9O10S2. The number of carbonyl (C=O) groups is 8. The predicted octanol–water partition coefficient (Wildman–Crippen LogP) is 0.343. The van der Waals surface area contributed by atoms with Gasteiger partial charge in [0.1, 0.15) is 35.7 Å². The Bertz CT molecular complexity index is 2080. The van der Waals surface area contributed by atoms with Crippen molar-refractivity contribution in [3.8, 4) is 11.5 Å². The minimum Gasteiger partial charge on any atom is -0.508 e. The minimum absolute atomic E-state index is 0.0115. The summed E-state index contributed by atoms with van der Waals surface area (Å²) in [4.78, 5) is 104. The highest BCUT2D eigenvalue weighted by molar-refractivity contribution is 8.76. The zero-order chi connectivity index (χ0) is 48.4. The minimum atomic E-state index is -1.23. The third-order valence-electron chi connectivity index (χ3n) is 9.74. The van der Waals surface area contributed by atoms with E-state index in [1.54, 1.807) is 55.6 Å². The number of amides is 8. The molecule has 0 aromatic heterocycles. The summed E-state index contributed by atoms with van der Waals surface area (Å²) in [5, 5.41) is 40.7. The molecule has 8 amide bonds. The molecule has 0 bridgehead atoms. The molecule has 4 atom stereocenters. The average Bonchev–Trinajstić information content (AvgIpc) is 3.29. The van der Waals surface area contributed by atoms with Gasteiger partial charge >= 0.3 is 0 Å². The lowest BCUT2D eigenvalue weighted by atomic mass is 10.0. The maximum absolute atomic E-state index is 13.7. The van der Waals surface area contributed by atoms with Crippen LogP contribution in [0.1, 0.15) is 42.4 Å². The Balaban J connectivity index is 1.60. The summed E-state index contributed by atoms with van der Waals surface area (Å²) in [6.07, 6.45) is 3.63. The van der Waals surface area contributed by atoms with Crippen molar-refractivity contribution >= 4 is 80.4 Å². The van der Waals surface area contributed by atoms with Gasteiger partial charge in [0.15, 0.2) is 0 Å². The average molecular weight is 973 g/mol. The summed E-state index contributed by atoms with van der Waals surface area (Å²) in [5.74, 6) is -5.29. The Labute approximate surface area is 396 Å². The molecule has 19 nitrogen and oxygen atoms in total. The molecule has 3 rings (SSSR count). The summed E-state index contributed by atoms with van der Waals surface area (Å²) in [6.45, 7) is -1.06. The van der Waals surface area contributed by atoms with Crippen molar-refractivity contribution < 1.29 is 48.6 Å². The molecule has 4 unspecified atom stereocenters. The van der Waals surface area contributed by atoms with E-state index >= 15 is 0 Å². The normalized spacial score (nSPS) is 12.6. The number of halogens is 1. The van der Waals surface area contributed by atoms with E-state index in [0.717, 1.165) is 5.56 Å². The van der Waals surface area contributed by atoms with Crippen LogP contribution < -0.4 is 48.3 Å². The number of aryl methyl sites for hydroxylation is 1. The monoisotopic (exact) mass is 971 g/mol. The molecule has 0 radical (unpaired) electrons. The summed E-state index contributed by atoms with van der Waals surface area (Å²) in [6, 6.07) is 14.5. The Hall–Kier alpha value is -6.03. The van der Waals surface area contributed by atoms with Gasteiger partial charge < -0.3 is 58.5 Å². The third-order valence-corrected chi connectivity index (χ3v) is 11.8. The zero-order valence-electron chi connectivity index (χ0n) is 36.7. The molecule has 0 fully saturated rings. The van der Waals surface area contributed by atoms with E-state index in [1.807, 2.05) is 6.26 Å². The molecule has 358 valence electrons. The molecule has 3 aromatic rings. The number of phenols is 2. The summed E-state index contributed by atoms with van der Waals surface area (Å²) in [7, 11) is 4.49. The van der Waals surface area contributed by atoms with Gasteiger partial charge in [-0.25, -0.2) is 0 Å². The lowest BCUT2D eigenvalue weighted by Crippen LogP contribution is -2.56. The van der Waals surface area contributed by atoms with Crippen LogP contribution in [0.5, 0.6) is 11.5 Å². The number of rotatable bonds is 29. The van der Waals surface area contributed by atoms with Gasteiger partial charge in [-0.15, -0.1) is 0 Å². The Morgan fingerprint density at radius 3 is 1.65 bits per heavy atom. The maximum atomic E-state index is 13.7. The SMILES string of the molecule is CNCCCCC(NC(=O)CNC(=O)C(Cc1ccc(O)cc1)NC(=O)C(CSSC)NC(=O)CCc1ccc(Cl)cc1)C(=O)NCC(=O)NCC(=O)NC(Cc1ccc(O)cc1)C(N)=O. The fraction of sp³-hybridized carbons (Fsp3) is 0.409. The van der Waals surface area contributed by atoms with E-state index in [0.29, 0.717) is 42.0 Å². The molecule has 0 saturated heterocycles. The summed E-state index contributed by atoms with van der Waals surface area (Å²) >= 11 is 5.97. The molecule has 3 aromatic carbocycles. The first-order chi connectivity index (χ1) is 31.6. The Morgan fingerprint density at radius 1 is 0.591 bits per heavy atom. The van der Waals surface area contributed by atoms with Crippen LogP contribution in [0.4, 0.5) is 0 Å². The predicted molar refractivity (Wildman–Crippen MR) is 253 cm³/mol. The van der Waals surface area contributed by atoms with Gasteiger partial charge in [-0.1, -0.05) is 69.6 Å². The third kappa shape index (κ3) is 21.3. The second-order valence-electron chi connectivity index (χ2n) is 15.0. The maximum Gasteiger partial charge on any atom is 0.244 e. The van der Waals surface area contributed by atoms with Crippen LogP contribution in [0, 0.1) is 0 Å². The summed E-state index contributed by atoms with van der Waals surface area (Å²) in [5.41, 5.74) is 7.52. The fourth-order valence-electron chi connectivity index (χ4n) is 6.17. The van der Waals surface area contributed by atoms with E-state index in [9.17, 15) is 48.6 Å². The lowest BCUT2D eigenvalue weighted by molar-refractivity contribution is -0.133. The number of hydrogen-bond donors (Lipinski definition) is 11. The van der Waals surface area contributed by atoms with Crippen LogP contribution in [-0.4, -0.2) is 127 Å². The van der Waals surface area contributed by atoms with Crippen molar-refractivity contribution in [2.24, 2.45) is 5.73 Å². The van der Waals surface area contributed by atoms with Crippen LogP contribution in [-0.2, 0) is 57.6 Å². The van der Waals surface area contributed by atoms with Crippen molar-refractivity contribution in [3.63, 3.8) is 0 Å². The van der Waals surface area contributed by atoms with Gasteiger partial charge in [0.2, 0.25) is 47.3 Å². The quantitative estimate of drug-likeness (QED) is 0.0331. The number of benzene rings is 3. The highest BCUT2D eigenvalue weighted by atomic mass is 35.5. The molecule has 0 aliphatic heterocycles. The van der Waals surface area contributed by atoms with Crippen molar-refractivity contribution in [1.82, 2.24) is 42.5 Å². The lowest BCUT2D eigenvalue weighted by Gasteiger charge is -2.23. The topological polar surface area (TPSA) is 299 Å². The van der Waals surface area contributed by atoms with E-state index in [-0.39, 0.29) is 48.8 Å².